The maximum atomic E-state index is 13.6. The molecular formula is C45H42N2O4. The van der Waals surface area contributed by atoms with E-state index in [-0.39, 0.29) is 11.9 Å². The molecule has 0 saturated heterocycles. The Morgan fingerprint density at radius 1 is 0.569 bits per heavy atom. The lowest BCUT2D eigenvalue weighted by molar-refractivity contribution is -0.148. The predicted octanol–water partition coefficient (Wildman–Crippen LogP) is 9.58. The molecule has 2 heterocycles. The van der Waals surface area contributed by atoms with Gasteiger partial charge in [-0.25, -0.2) is 9.97 Å². The van der Waals surface area contributed by atoms with E-state index in [1.165, 1.54) is 0 Å². The van der Waals surface area contributed by atoms with Gasteiger partial charge in [0, 0.05) is 32.7 Å². The topological polar surface area (TPSA) is 78.4 Å². The SMILES string of the molecule is CCOC(=O)C(C)CC1(CC2(CC(C)C(=O)OCC)c3ccccc3-c3nc4ccccc4cc32)c2ccccc2-c2nc3ccccc3cc21. The van der Waals surface area contributed by atoms with Crippen molar-refractivity contribution in [3.8, 4) is 22.5 Å². The van der Waals surface area contributed by atoms with Crippen molar-refractivity contribution in [1.29, 1.82) is 0 Å². The second kappa shape index (κ2) is 12.8. The number of hydrogen-bond donors (Lipinski definition) is 0. The number of nitrogens with zero attached hydrogens (tertiary/aromatic N) is 2. The number of para-hydroxylation sites is 2. The minimum Gasteiger partial charge on any atom is -0.466 e. The van der Waals surface area contributed by atoms with E-state index >= 15 is 0 Å². The summed E-state index contributed by atoms with van der Waals surface area (Å²) < 4.78 is 11.3. The van der Waals surface area contributed by atoms with Crippen LogP contribution in [0.1, 0.15) is 69.2 Å². The minimum absolute atomic E-state index is 0.217. The summed E-state index contributed by atoms with van der Waals surface area (Å²) in [6, 6.07) is 38.1. The van der Waals surface area contributed by atoms with E-state index in [1.807, 2.05) is 52.0 Å². The molecule has 8 rings (SSSR count). The van der Waals surface area contributed by atoms with Crippen LogP contribution in [0.5, 0.6) is 0 Å². The lowest BCUT2D eigenvalue weighted by Gasteiger charge is -2.44. The van der Waals surface area contributed by atoms with Gasteiger partial charge in [-0.15, -0.1) is 0 Å². The second-order valence-electron chi connectivity index (χ2n) is 14.3. The molecule has 2 aliphatic rings. The molecule has 0 aliphatic heterocycles. The van der Waals surface area contributed by atoms with Crippen molar-refractivity contribution in [2.24, 2.45) is 11.8 Å². The Bertz CT molecular complexity index is 2170. The standard InChI is InChI=1S/C45H42N2O4/c1-5-50-42(48)28(3)25-44(34-19-11-9-17-32(34)40-36(44)23-30-15-7-13-21-38(30)46-40)27-45(26-29(4)43(49)51-6-2)35-20-12-10-18-33(35)41-37(45)24-31-16-8-14-22-39(31)47-41/h7-24,28-29H,5-6,25-27H2,1-4H3. The number of fused-ring (bicyclic) bond motifs is 8. The molecule has 2 aromatic heterocycles. The molecule has 256 valence electrons. The summed E-state index contributed by atoms with van der Waals surface area (Å²) in [6.07, 6.45) is 1.59. The largest absolute Gasteiger partial charge is 0.466 e. The number of hydrogen-bond acceptors (Lipinski definition) is 6. The van der Waals surface area contributed by atoms with Crippen LogP contribution in [-0.2, 0) is 29.9 Å². The number of pyridine rings is 2. The summed E-state index contributed by atoms with van der Waals surface area (Å²) >= 11 is 0. The summed E-state index contributed by atoms with van der Waals surface area (Å²) in [5.74, 6) is -1.27. The van der Waals surface area contributed by atoms with Crippen molar-refractivity contribution in [2.45, 2.75) is 57.8 Å². The van der Waals surface area contributed by atoms with Crippen LogP contribution in [0.15, 0.2) is 109 Å². The zero-order valence-electron chi connectivity index (χ0n) is 29.6. The van der Waals surface area contributed by atoms with Crippen molar-refractivity contribution >= 4 is 33.7 Å². The van der Waals surface area contributed by atoms with Gasteiger partial charge in [0.15, 0.2) is 0 Å². The molecule has 51 heavy (non-hydrogen) atoms. The van der Waals surface area contributed by atoms with Gasteiger partial charge < -0.3 is 9.47 Å². The molecule has 4 aromatic carbocycles. The smallest absolute Gasteiger partial charge is 0.308 e. The Morgan fingerprint density at radius 3 is 1.39 bits per heavy atom. The first-order valence-electron chi connectivity index (χ1n) is 18.1. The zero-order valence-corrected chi connectivity index (χ0v) is 29.6. The van der Waals surface area contributed by atoms with Crippen molar-refractivity contribution in [3.05, 3.63) is 131 Å². The Balaban J connectivity index is 1.45. The number of rotatable bonds is 10. The van der Waals surface area contributed by atoms with E-state index in [0.29, 0.717) is 32.5 Å². The van der Waals surface area contributed by atoms with Crippen molar-refractivity contribution in [3.63, 3.8) is 0 Å². The summed E-state index contributed by atoms with van der Waals surface area (Å²) in [7, 11) is 0. The van der Waals surface area contributed by atoms with E-state index in [4.69, 9.17) is 19.4 Å². The van der Waals surface area contributed by atoms with E-state index in [2.05, 4.69) is 84.9 Å². The predicted molar refractivity (Wildman–Crippen MR) is 201 cm³/mol. The summed E-state index contributed by atoms with van der Waals surface area (Å²) in [5, 5.41) is 2.09. The number of benzene rings is 4. The van der Waals surface area contributed by atoms with Gasteiger partial charge in [0.05, 0.1) is 47.5 Å². The molecule has 6 aromatic rings. The van der Waals surface area contributed by atoms with Gasteiger partial charge in [-0.2, -0.15) is 0 Å². The molecule has 0 bridgehead atoms. The zero-order chi connectivity index (χ0) is 35.3. The minimum atomic E-state index is -0.677. The number of esters is 2. The van der Waals surface area contributed by atoms with Crippen LogP contribution < -0.4 is 0 Å². The lowest BCUT2D eigenvalue weighted by Crippen LogP contribution is -2.41. The van der Waals surface area contributed by atoms with Gasteiger partial charge in [-0.1, -0.05) is 98.8 Å². The highest BCUT2D eigenvalue weighted by molar-refractivity contribution is 5.91. The van der Waals surface area contributed by atoms with Crippen LogP contribution in [0.3, 0.4) is 0 Å². The number of carbonyl (C=O) groups is 2. The lowest BCUT2D eigenvalue weighted by atomic mass is 9.58. The van der Waals surface area contributed by atoms with Crippen LogP contribution >= 0.6 is 0 Å². The van der Waals surface area contributed by atoms with Gasteiger partial charge in [0.25, 0.3) is 0 Å². The van der Waals surface area contributed by atoms with Crippen LogP contribution in [0.4, 0.5) is 0 Å². The number of carbonyl (C=O) groups excluding carboxylic acids is 2. The van der Waals surface area contributed by atoms with Crippen LogP contribution in [0, 0.1) is 11.8 Å². The van der Waals surface area contributed by atoms with Crippen LogP contribution in [0.25, 0.3) is 44.3 Å². The number of ether oxygens (including phenoxy) is 2. The van der Waals surface area contributed by atoms with Crippen molar-refractivity contribution in [2.75, 3.05) is 13.2 Å². The maximum absolute atomic E-state index is 13.6. The van der Waals surface area contributed by atoms with E-state index in [1.54, 1.807) is 0 Å². The highest BCUT2D eigenvalue weighted by Gasteiger charge is 2.55. The third-order valence-corrected chi connectivity index (χ3v) is 11.2. The summed E-state index contributed by atoms with van der Waals surface area (Å²) in [5.41, 5.74) is 9.02. The molecule has 6 nitrogen and oxygen atoms in total. The Kier molecular flexibility index (Phi) is 8.21. The molecule has 0 amide bonds. The van der Waals surface area contributed by atoms with Gasteiger partial charge in [-0.3, -0.25) is 9.59 Å². The quantitative estimate of drug-likeness (QED) is 0.135. The maximum Gasteiger partial charge on any atom is 0.308 e. The van der Waals surface area contributed by atoms with Gasteiger partial charge in [-0.05, 0) is 79.6 Å². The van der Waals surface area contributed by atoms with Gasteiger partial charge in [0.1, 0.15) is 0 Å². The summed E-state index contributed by atoms with van der Waals surface area (Å²) in [6.45, 7) is 8.30. The molecule has 4 unspecified atom stereocenters. The molecule has 0 radical (unpaired) electrons. The fraction of sp³-hybridized carbons (Fsp3) is 0.289. The molecule has 0 fully saturated rings. The highest BCUT2D eigenvalue weighted by atomic mass is 16.5. The molecule has 0 saturated carbocycles. The molecule has 4 atom stereocenters. The Morgan fingerprint density at radius 2 is 0.961 bits per heavy atom. The normalized spacial score (nSPS) is 19.5. The van der Waals surface area contributed by atoms with Crippen molar-refractivity contribution < 1.29 is 19.1 Å². The fourth-order valence-electron chi connectivity index (χ4n) is 9.14. The van der Waals surface area contributed by atoms with Gasteiger partial charge >= 0.3 is 11.9 Å². The first-order valence-corrected chi connectivity index (χ1v) is 18.1. The van der Waals surface area contributed by atoms with Crippen LogP contribution in [0.2, 0.25) is 0 Å². The average Bonchev–Trinajstić information content (AvgIpc) is 3.55. The highest BCUT2D eigenvalue weighted by Crippen LogP contribution is 2.63. The third kappa shape index (κ3) is 5.22. The first-order chi connectivity index (χ1) is 24.8. The molecule has 0 spiro atoms. The number of aromatic nitrogens is 2. The first kappa shape index (κ1) is 32.8. The van der Waals surface area contributed by atoms with Gasteiger partial charge in [0.2, 0.25) is 0 Å². The molecule has 2 aliphatic carbocycles. The third-order valence-electron chi connectivity index (χ3n) is 11.2. The van der Waals surface area contributed by atoms with Crippen LogP contribution in [-0.4, -0.2) is 35.1 Å². The molecule has 0 N–H and O–H groups in total. The van der Waals surface area contributed by atoms with E-state index in [9.17, 15) is 9.59 Å². The van der Waals surface area contributed by atoms with E-state index < -0.39 is 22.7 Å². The Hall–Kier alpha value is -5.36. The second-order valence-corrected chi connectivity index (χ2v) is 14.3. The Labute approximate surface area is 298 Å². The van der Waals surface area contributed by atoms with E-state index in [0.717, 1.165) is 66.6 Å². The van der Waals surface area contributed by atoms with Crippen molar-refractivity contribution in [1.82, 2.24) is 9.97 Å². The average molecular weight is 675 g/mol. The monoisotopic (exact) mass is 674 g/mol. The summed E-state index contributed by atoms with van der Waals surface area (Å²) in [4.78, 5) is 37.8. The fourth-order valence-corrected chi connectivity index (χ4v) is 9.14. The molecule has 6 heteroatoms. The molecular weight excluding hydrogens is 633 g/mol.